The Morgan fingerprint density at radius 2 is 2.06 bits per heavy atom. The lowest BCUT2D eigenvalue weighted by Gasteiger charge is -2.06. The second-order valence-electron chi connectivity index (χ2n) is 3.91. The van der Waals surface area contributed by atoms with Gasteiger partial charge in [0.2, 0.25) is 0 Å². The molecule has 17 heavy (non-hydrogen) atoms. The Bertz CT molecular complexity index is 587. The summed E-state index contributed by atoms with van der Waals surface area (Å²) in [5.74, 6) is -0.291. The molecule has 0 saturated carbocycles. The topological polar surface area (TPSA) is 68.0 Å². The second-order valence-corrected chi connectivity index (χ2v) is 3.91. The number of nitrogens with zero attached hydrogens (tertiary/aromatic N) is 3. The zero-order chi connectivity index (χ0) is 12.6. The molecule has 0 unspecified atom stereocenters. The van der Waals surface area contributed by atoms with Crippen LogP contribution in [0.4, 0.5) is 0 Å². The highest BCUT2D eigenvalue weighted by Crippen LogP contribution is 2.18. The number of hydrogen-bond donors (Lipinski definition) is 1. The van der Waals surface area contributed by atoms with E-state index in [0.29, 0.717) is 17.2 Å². The van der Waals surface area contributed by atoms with Crippen LogP contribution in [0.2, 0.25) is 0 Å². The number of rotatable bonds is 2. The molecular weight excluding hydrogens is 218 g/mol. The lowest BCUT2D eigenvalue weighted by atomic mass is 10.2. The van der Waals surface area contributed by atoms with Crippen LogP contribution in [0, 0.1) is 20.8 Å². The minimum absolute atomic E-state index is 0.245. The molecule has 0 aliphatic rings. The van der Waals surface area contributed by atoms with Crippen molar-refractivity contribution in [2.75, 3.05) is 0 Å². The first-order valence-electron chi connectivity index (χ1n) is 5.24. The van der Waals surface area contributed by atoms with Crippen molar-refractivity contribution in [1.29, 1.82) is 0 Å². The van der Waals surface area contributed by atoms with Gasteiger partial charge in [-0.1, -0.05) is 6.07 Å². The quantitative estimate of drug-likeness (QED) is 0.857. The van der Waals surface area contributed by atoms with Crippen LogP contribution in [0.5, 0.6) is 0 Å². The molecule has 0 aliphatic carbocycles. The normalized spacial score (nSPS) is 10.5. The number of aryl methyl sites for hydroxylation is 2. The van der Waals surface area contributed by atoms with Gasteiger partial charge in [0, 0.05) is 6.20 Å². The van der Waals surface area contributed by atoms with E-state index in [1.54, 1.807) is 24.7 Å². The molecule has 2 aromatic heterocycles. The molecule has 0 amide bonds. The van der Waals surface area contributed by atoms with Crippen molar-refractivity contribution < 1.29 is 9.90 Å². The minimum Gasteiger partial charge on any atom is -0.478 e. The Balaban J connectivity index is 2.66. The van der Waals surface area contributed by atoms with Crippen molar-refractivity contribution in [3.8, 4) is 5.82 Å². The number of aromatic nitrogens is 3. The molecule has 0 atom stereocenters. The molecule has 0 spiro atoms. The summed E-state index contributed by atoms with van der Waals surface area (Å²) >= 11 is 0. The average molecular weight is 231 g/mol. The van der Waals surface area contributed by atoms with E-state index in [9.17, 15) is 4.79 Å². The Kier molecular flexibility index (Phi) is 2.67. The van der Waals surface area contributed by atoms with Crippen LogP contribution in [-0.4, -0.2) is 25.8 Å². The van der Waals surface area contributed by atoms with Crippen molar-refractivity contribution >= 4 is 5.97 Å². The molecule has 0 aromatic carbocycles. The number of pyridine rings is 1. The van der Waals surface area contributed by atoms with E-state index >= 15 is 0 Å². The molecule has 0 bridgehead atoms. The van der Waals surface area contributed by atoms with E-state index in [4.69, 9.17) is 5.11 Å². The summed E-state index contributed by atoms with van der Waals surface area (Å²) in [6.07, 6.45) is 1.67. The highest BCUT2D eigenvalue weighted by Gasteiger charge is 2.19. The van der Waals surface area contributed by atoms with Crippen LogP contribution in [0.1, 0.15) is 27.3 Å². The number of hydrogen-bond acceptors (Lipinski definition) is 3. The van der Waals surface area contributed by atoms with Gasteiger partial charge in [0.1, 0.15) is 5.56 Å². The molecule has 88 valence electrons. The number of carboxylic acids is 1. The van der Waals surface area contributed by atoms with E-state index in [0.717, 1.165) is 5.56 Å². The number of carboxylic acid groups (broad SMARTS) is 1. The largest absolute Gasteiger partial charge is 0.478 e. The molecule has 0 saturated heterocycles. The predicted octanol–water partition coefficient (Wildman–Crippen LogP) is 1.89. The predicted molar refractivity (Wildman–Crippen MR) is 62.5 cm³/mol. The van der Waals surface area contributed by atoms with E-state index < -0.39 is 5.97 Å². The first-order valence-corrected chi connectivity index (χ1v) is 5.24. The fourth-order valence-corrected chi connectivity index (χ4v) is 1.86. The Morgan fingerprint density at radius 3 is 2.59 bits per heavy atom. The average Bonchev–Trinajstić information content (AvgIpc) is 2.55. The van der Waals surface area contributed by atoms with Crippen molar-refractivity contribution in [3.05, 3.63) is 40.8 Å². The summed E-state index contributed by atoms with van der Waals surface area (Å²) in [6.45, 7) is 5.34. The third-order valence-electron chi connectivity index (χ3n) is 2.69. The maximum absolute atomic E-state index is 11.1. The van der Waals surface area contributed by atoms with Crippen LogP contribution >= 0.6 is 0 Å². The zero-order valence-electron chi connectivity index (χ0n) is 9.93. The molecule has 0 radical (unpaired) electrons. The number of carbonyl (C=O) groups is 1. The Morgan fingerprint density at radius 1 is 1.35 bits per heavy atom. The molecular formula is C12H13N3O2. The standard InChI is InChI=1S/C12H13N3O2/c1-7-5-4-6-13-11(7)15-9(3)10(12(16)17)8(2)14-15/h4-6H,1-3H3,(H,16,17). The SMILES string of the molecule is Cc1cccnc1-n1nc(C)c(C(=O)O)c1C. The first-order chi connectivity index (χ1) is 8.02. The smallest absolute Gasteiger partial charge is 0.339 e. The third kappa shape index (κ3) is 1.80. The van der Waals surface area contributed by atoms with Gasteiger partial charge in [0.25, 0.3) is 0 Å². The minimum atomic E-state index is -0.958. The van der Waals surface area contributed by atoms with Crippen molar-refractivity contribution in [2.24, 2.45) is 0 Å². The maximum Gasteiger partial charge on any atom is 0.339 e. The highest BCUT2D eigenvalue weighted by atomic mass is 16.4. The monoisotopic (exact) mass is 231 g/mol. The Hall–Kier alpha value is -2.17. The fraction of sp³-hybridized carbons (Fsp3) is 0.250. The van der Waals surface area contributed by atoms with Crippen LogP contribution in [0.25, 0.3) is 5.82 Å². The van der Waals surface area contributed by atoms with Gasteiger partial charge < -0.3 is 5.11 Å². The van der Waals surface area contributed by atoms with Gasteiger partial charge in [-0.2, -0.15) is 5.10 Å². The Labute approximate surface area is 98.7 Å². The zero-order valence-corrected chi connectivity index (χ0v) is 9.93. The maximum atomic E-state index is 11.1. The van der Waals surface area contributed by atoms with Crippen LogP contribution in [0.3, 0.4) is 0 Å². The molecule has 2 aromatic rings. The lowest BCUT2D eigenvalue weighted by Crippen LogP contribution is -2.05. The molecule has 2 heterocycles. The summed E-state index contributed by atoms with van der Waals surface area (Å²) in [7, 11) is 0. The molecule has 1 N–H and O–H groups in total. The second kappa shape index (κ2) is 4.01. The number of aromatic carboxylic acids is 1. The van der Waals surface area contributed by atoms with E-state index in [2.05, 4.69) is 10.1 Å². The lowest BCUT2D eigenvalue weighted by molar-refractivity contribution is 0.0695. The highest BCUT2D eigenvalue weighted by molar-refractivity contribution is 5.90. The summed E-state index contributed by atoms with van der Waals surface area (Å²) < 4.78 is 1.58. The van der Waals surface area contributed by atoms with Crippen molar-refractivity contribution in [1.82, 2.24) is 14.8 Å². The van der Waals surface area contributed by atoms with Gasteiger partial charge in [0.05, 0.1) is 11.4 Å². The van der Waals surface area contributed by atoms with E-state index in [1.807, 2.05) is 19.1 Å². The van der Waals surface area contributed by atoms with Gasteiger partial charge in [0.15, 0.2) is 5.82 Å². The summed E-state index contributed by atoms with van der Waals surface area (Å²) in [5, 5.41) is 13.3. The summed E-state index contributed by atoms with van der Waals surface area (Å²) in [4.78, 5) is 15.3. The van der Waals surface area contributed by atoms with Crippen LogP contribution in [0.15, 0.2) is 18.3 Å². The fourth-order valence-electron chi connectivity index (χ4n) is 1.86. The van der Waals surface area contributed by atoms with Gasteiger partial charge in [-0.25, -0.2) is 14.5 Å². The summed E-state index contributed by atoms with van der Waals surface area (Å²) in [6, 6.07) is 3.75. The third-order valence-corrected chi connectivity index (χ3v) is 2.69. The van der Waals surface area contributed by atoms with Gasteiger partial charge >= 0.3 is 5.97 Å². The van der Waals surface area contributed by atoms with Crippen LogP contribution < -0.4 is 0 Å². The van der Waals surface area contributed by atoms with Crippen LogP contribution in [-0.2, 0) is 0 Å². The van der Waals surface area contributed by atoms with E-state index in [-0.39, 0.29) is 5.56 Å². The van der Waals surface area contributed by atoms with Gasteiger partial charge in [-0.15, -0.1) is 0 Å². The van der Waals surface area contributed by atoms with Crippen molar-refractivity contribution in [3.63, 3.8) is 0 Å². The molecule has 2 rings (SSSR count). The first kappa shape index (κ1) is 11.3. The van der Waals surface area contributed by atoms with Crippen molar-refractivity contribution in [2.45, 2.75) is 20.8 Å². The molecule has 0 aliphatic heterocycles. The van der Waals surface area contributed by atoms with E-state index in [1.165, 1.54) is 0 Å². The molecule has 5 heteroatoms. The molecule has 0 fully saturated rings. The summed E-state index contributed by atoms with van der Waals surface area (Å²) in [5.41, 5.74) is 2.29. The van der Waals surface area contributed by atoms with Gasteiger partial charge in [-0.05, 0) is 32.4 Å². The van der Waals surface area contributed by atoms with Gasteiger partial charge in [-0.3, -0.25) is 0 Å². The molecule has 5 nitrogen and oxygen atoms in total.